The van der Waals surface area contributed by atoms with Gasteiger partial charge in [-0.3, -0.25) is 0 Å². The molecule has 7 heteroatoms. The Morgan fingerprint density at radius 2 is 1.91 bits per heavy atom. The first-order chi connectivity index (χ1) is 11.0. The molecule has 0 amide bonds. The number of carbonyl (C=O) groups excluding carboxylic acids is 1. The van der Waals surface area contributed by atoms with Crippen LogP contribution in [0.15, 0.2) is 18.2 Å². The number of esters is 1. The molecule has 0 bridgehead atoms. The summed E-state index contributed by atoms with van der Waals surface area (Å²) in [5.41, 5.74) is 0.748. The molecule has 0 aliphatic heterocycles. The fraction of sp³-hybridized carbons (Fsp3) is 0.500. The molecule has 0 radical (unpaired) electrons. The summed E-state index contributed by atoms with van der Waals surface area (Å²) >= 11 is 0. The molecular weight excluding hydrogens is 304 g/mol. The van der Waals surface area contributed by atoms with E-state index in [1.807, 2.05) is 0 Å². The zero-order valence-electron chi connectivity index (χ0n) is 13.5. The molecular formula is C16H22O7. The quantitative estimate of drug-likeness (QED) is 0.654. The van der Waals surface area contributed by atoms with Gasteiger partial charge < -0.3 is 24.1 Å². The minimum absolute atomic E-state index is 0.276. The summed E-state index contributed by atoms with van der Waals surface area (Å²) in [5.74, 6) is -0.806. The van der Waals surface area contributed by atoms with Gasteiger partial charge in [-0.2, -0.15) is 0 Å². The number of ether oxygens (including phenoxy) is 4. The van der Waals surface area contributed by atoms with E-state index >= 15 is 0 Å². The third-order valence-corrected chi connectivity index (χ3v) is 2.92. The van der Waals surface area contributed by atoms with Gasteiger partial charge in [0.25, 0.3) is 0 Å². The minimum Gasteiger partial charge on any atom is -0.493 e. The summed E-state index contributed by atoms with van der Waals surface area (Å²) in [5, 5.41) is 8.71. The average Bonchev–Trinajstić information content (AvgIpc) is 2.52. The molecule has 0 saturated carbocycles. The third-order valence-electron chi connectivity index (χ3n) is 2.92. The van der Waals surface area contributed by atoms with E-state index < -0.39 is 24.6 Å². The first kappa shape index (κ1) is 18.8. The number of carboxylic acid groups (broad SMARTS) is 1. The predicted octanol–water partition coefficient (Wildman–Crippen LogP) is 1.67. The fourth-order valence-electron chi connectivity index (χ4n) is 1.96. The first-order valence-corrected chi connectivity index (χ1v) is 7.31. The maximum Gasteiger partial charge on any atom is 0.341 e. The van der Waals surface area contributed by atoms with Crippen LogP contribution in [0.1, 0.15) is 19.4 Å². The Kier molecular flexibility index (Phi) is 7.90. The Labute approximate surface area is 135 Å². The van der Waals surface area contributed by atoms with Gasteiger partial charge in [0, 0.05) is 13.0 Å². The van der Waals surface area contributed by atoms with Crippen LogP contribution in [0, 0.1) is 0 Å². The maximum atomic E-state index is 11.9. The molecule has 0 fully saturated rings. The molecule has 0 aromatic heterocycles. The maximum absolute atomic E-state index is 11.9. The zero-order valence-corrected chi connectivity index (χ0v) is 13.5. The van der Waals surface area contributed by atoms with E-state index in [1.165, 1.54) is 7.11 Å². The predicted molar refractivity (Wildman–Crippen MR) is 81.9 cm³/mol. The van der Waals surface area contributed by atoms with Crippen LogP contribution < -0.4 is 9.47 Å². The second-order valence-electron chi connectivity index (χ2n) is 4.57. The molecule has 1 atom stereocenters. The molecule has 23 heavy (non-hydrogen) atoms. The molecule has 0 saturated heterocycles. The molecule has 1 N–H and O–H groups in total. The zero-order chi connectivity index (χ0) is 17.2. The monoisotopic (exact) mass is 326 g/mol. The Balaban J connectivity index is 2.90. The van der Waals surface area contributed by atoms with Crippen LogP contribution in [0.25, 0.3) is 0 Å². The largest absolute Gasteiger partial charge is 0.493 e. The number of rotatable bonds is 10. The van der Waals surface area contributed by atoms with Gasteiger partial charge >= 0.3 is 11.9 Å². The van der Waals surface area contributed by atoms with Crippen molar-refractivity contribution in [3.63, 3.8) is 0 Å². The molecule has 0 spiro atoms. The van der Waals surface area contributed by atoms with Crippen molar-refractivity contribution in [2.45, 2.75) is 26.4 Å². The highest BCUT2D eigenvalue weighted by Crippen LogP contribution is 2.28. The highest BCUT2D eigenvalue weighted by Gasteiger charge is 2.21. The van der Waals surface area contributed by atoms with E-state index in [0.29, 0.717) is 24.5 Å². The van der Waals surface area contributed by atoms with Gasteiger partial charge in [-0.25, -0.2) is 9.59 Å². The molecule has 1 rings (SSSR count). The van der Waals surface area contributed by atoms with Gasteiger partial charge in [0.1, 0.15) is 0 Å². The molecule has 0 aliphatic rings. The molecule has 0 heterocycles. The number of hydrogen-bond donors (Lipinski definition) is 1. The van der Waals surface area contributed by atoms with Crippen molar-refractivity contribution in [1.29, 1.82) is 0 Å². The summed E-state index contributed by atoms with van der Waals surface area (Å²) in [7, 11) is 1.46. The first-order valence-electron chi connectivity index (χ1n) is 7.31. The molecule has 7 nitrogen and oxygen atoms in total. The van der Waals surface area contributed by atoms with Crippen molar-refractivity contribution in [2.24, 2.45) is 0 Å². The van der Waals surface area contributed by atoms with Gasteiger partial charge in [0.2, 0.25) is 0 Å². The summed E-state index contributed by atoms with van der Waals surface area (Å²) < 4.78 is 20.7. The molecule has 1 aromatic rings. The van der Waals surface area contributed by atoms with Crippen LogP contribution in [0.2, 0.25) is 0 Å². The topological polar surface area (TPSA) is 91.3 Å². The Bertz CT molecular complexity index is 527. The number of carbonyl (C=O) groups is 2. The lowest BCUT2D eigenvalue weighted by atomic mass is 10.1. The van der Waals surface area contributed by atoms with Crippen LogP contribution in [0.3, 0.4) is 0 Å². The smallest absolute Gasteiger partial charge is 0.341 e. The van der Waals surface area contributed by atoms with Crippen LogP contribution in [-0.4, -0.2) is 50.1 Å². The van der Waals surface area contributed by atoms with E-state index in [0.717, 1.165) is 5.56 Å². The average molecular weight is 326 g/mol. The molecule has 1 aromatic carbocycles. The normalized spacial score (nSPS) is 11.6. The number of methoxy groups -OCH3 is 1. The minimum atomic E-state index is -1.09. The van der Waals surface area contributed by atoms with Gasteiger partial charge in [-0.1, -0.05) is 6.07 Å². The van der Waals surface area contributed by atoms with Crippen LogP contribution >= 0.6 is 0 Å². The lowest BCUT2D eigenvalue weighted by molar-refractivity contribution is -0.156. The molecule has 1 unspecified atom stereocenters. The van der Waals surface area contributed by atoms with E-state index in [2.05, 4.69) is 0 Å². The lowest BCUT2D eigenvalue weighted by Gasteiger charge is -2.17. The summed E-state index contributed by atoms with van der Waals surface area (Å²) in [6, 6.07) is 5.05. The van der Waals surface area contributed by atoms with Gasteiger partial charge in [0.15, 0.2) is 24.2 Å². The molecule has 128 valence electrons. The van der Waals surface area contributed by atoms with E-state index in [4.69, 9.17) is 24.1 Å². The molecule has 0 aliphatic carbocycles. The van der Waals surface area contributed by atoms with Crippen LogP contribution in [0.5, 0.6) is 11.5 Å². The summed E-state index contributed by atoms with van der Waals surface area (Å²) in [6.45, 7) is 3.69. The van der Waals surface area contributed by atoms with E-state index in [9.17, 15) is 9.59 Å². The second kappa shape index (κ2) is 9.68. The second-order valence-corrected chi connectivity index (χ2v) is 4.57. The van der Waals surface area contributed by atoms with Gasteiger partial charge in [0.05, 0.1) is 13.7 Å². The Hall–Kier alpha value is -2.28. The number of hydrogen-bond acceptors (Lipinski definition) is 6. The van der Waals surface area contributed by atoms with E-state index in [-0.39, 0.29) is 6.61 Å². The summed E-state index contributed by atoms with van der Waals surface area (Å²) in [6.07, 6.45) is -0.430. The van der Waals surface area contributed by atoms with Crippen LogP contribution in [0.4, 0.5) is 0 Å². The highest BCUT2D eigenvalue weighted by atomic mass is 16.6. The summed E-state index contributed by atoms with van der Waals surface area (Å²) in [4.78, 5) is 22.5. The van der Waals surface area contributed by atoms with Gasteiger partial charge in [-0.15, -0.1) is 0 Å². The van der Waals surface area contributed by atoms with Crippen molar-refractivity contribution < 1.29 is 33.6 Å². The third kappa shape index (κ3) is 6.15. The standard InChI is InChI=1S/C16H22O7/c1-4-21-14(16(19)22-5-2)9-11-6-7-12(20-3)13(8-11)23-10-15(17)18/h6-8,14H,4-5,9-10H2,1-3H3,(H,17,18). The SMILES string of the molecule is CCOC(=O)C(Cc1ccc(OC)c(OCC(=O)O)c1)OCC. The van der Waals surface area contributed by atoms with Crippen molar-refractivity contribution in [2.75, 3.05) is 26.9 Å². The number of aliphatic carboxylic acids is 1. The van der Waals surface area contributed by atoms with Crippen molar-refractivity contribution >= 4 is 11.9 Å². The highest BCUT2D eigenvalue weighted by molar-refractivity contribution is 5.75. The van der Waals surface area contributed by atoms with Gasteiger partial charge in [-0.05, 0) is 31.5 Å². The fourth-order valence-corrected chi connectivity index (χ4v) is 1.96. The Morgan fingerprint density at radius 3 is 2.48 bits per heavy atom. The Morgan fingerprint density at radius 1 is 1.17 bits per heavy atom. The van der Waals surface area contributed by atoms with E-state index in [1.54, 1.807) is 32.0 Å². The van der Waals surface area contributed by atoms with Crippen LogP contribution in [-0.2, 0) is 25.5 Å². The number of carboxylic acids is 1. The number of benzene rings is 1. The van der Waals surface area contributed by atoms with Crippen molar-refractivity contribution in [3.05, 3.63) is 23.8 Å². The van der Waals surface area contributed by atoms with Crippen molar-refractivity contribution in [1.82, 2.24) is 0 Å². The van der Waals surface area contributed by atoms with Crippen molar-refractivity contribution in [3.8, 4) is 11.5 Å². The lowest BCUT2D eigenvalue weighted by Crippen LogP contribution is -2.29.